The minimum atomic E-state index is 0.304. The smallest absolute Gasteiger partial charge is 0.158 e. The highest BCUT2D eigenvalue weighted by atomic mass is 15.1. The molecule has 0 atom stereocenters. The molecule has 0 N–H and O–H groups in total. The fourth-order valence-corrected chi connectivity index (χ4v) is 1.65. The van der Waals surface area contributed by atoms with E-state index < -0.39 is 0 Å². The number of benzene rings is 1. The van der Waals surface area contributed by atoms with Crippen LogP contribution in [0.25, 0.3) is 16.9 Å². The molecule has 5 heteroatoms. The predicted octanol–water partition coefficient (Wildman–Crippen LogP) is 1.69. The summed E-state index contributed by atoms with van der Waals surface area (Å²) in [4.78, 5) is 12.4. The van der Waals surface area contributed by atoms with Gasteiger partial charge in [0.1, 0.15) is 12.4 Å². The highest BCUT2D eigenvalue weighted by molar-refractivity contribution is 5.76. The van der Waals surface area contributed by atoms with Crippen molar-refractivity contribution in [3.63, 3.8) is 0 Å². The van der Waals surface area contributed by atoms with Gasteiger partial charge in [0, 0.05) is 0 Å². The molecule has 0 aliphatic heterocycles. The second-order valence-electron chi connectivity index (χ2n) is 3.47. The van der Waals surface area contributed by atoms with Crippen LogP contribution < -0.4 is 0 Å². The van der Waals surface area contributed by atoms with Crippen LogP contribution in [0, 0.1) is 11.3 Å². The maximum absolute atomic E-state index is 8.66. The fraction of sp³-hybridized carbons (Fsp3) is 0. The standard InChI is InChI=1S/C12H7N5/c13-5-9-6-15-12(7-14-9)17-8-16-10-3-1-2-4-11(10)17/h1-4,6-8H. The number of nitriles is 1. The lowest BCUT2D eigenvalue weighted by Crippen LogP contribution is -1.97. The Morgan fingerprint density at radius 2 is 1.94 bits per heavy atom. The summed E-state index contributed by atoms with van der Waals surface area (Å²) in [6.07, 6.45) is 4.71. The SMILES string of the molecule is N#Cc1cnc(-n2cnc3ccccc32)cn1. The molecule has 0 aliphatic rings. The molecule has 3 rings (SSSR count). The second-order valence-corrected chi connectivity index (χ2v) is 3.47. The number of para-hydroxylation sites is 2. The Bertz CT molecular complexity index is 706. The Kier molecular flexibility index (Phi) is 2.06. The minimum Gasteiger partial charge on any atom is -0.282 e. The second kappa shape index (κ2) is 3.68. The topological polar surface area (TPSA) is 67.4 Å². The summed E-state index contributed by atoms with van der Waals surface area (Å²) in [6, 6.07) is 9.71. The zero-order chi connectivity index (χ0) is 11.7. The number of hydrogen-bond donors (Lipinski definition) is 0. The molecule has 0 saturated carbocycles. The van der Waals surface area contributed by atoms with Crippen LogP contribution in [0.4, 0.5) is 0 Å². The molecule has 5 nitrogen and oxygen atoms in total. The van der Waals surface area contributed by atoms with Crippen molar-refractivity contribution in [2.75, 3.05) is 0 Å². The van der Waals surface area contributed by atoms with E-state index in [2.05, 4.69) is 15.0 Å². The molecule has 0 saturated heterocycles. The lowest BCUT2D eigenvalue weighted by molar-refractivity contribution is 0.989. The van der Waals surface area contributed by atoms with Crippen molar-refractivity contribution in [3.8, 4) is 11.9 Å². The normalized spacial score (nSPS) is 10.3. The molecule has 1 aromatic carbocycles. The van der Waals surface area contributed by atoms with Gasteiger partial charge in [-0.25, -0.2) is 15.0 Å². The first-order chi connectivity index (χ1) is 8.38. The van der Waals surface area contributed by atoms with E-state index >= 15 is 0 Å². The van der Waals surface area contributed by atoms with E-state index in [1.54, 1.807) is 12.5 Å². The molecule has 80 valence electrons. The number of imidazole rings is 1. The van der Waals surface area contributed by atoms with E-state index in [1.165, 1.54) is 6.20 Å². The maximum atomic E-state index is 8.66. The Balaban J connectivity index is 2.17. The lowest BCUT2D eigenvalue weighted by atomic mass is 10.3. The highest BCUT2D eigenvalue weighted by Gasteiger charge is 2.04. The molecule has 0 amide bonds. The van der Waals surface area contributed by atoms with E-state index in [0.29, 0.717) is 11.5 Å². The molecule has 2 aromatic heterocycles. The third kappa shape index (κ3) is 1.52. The van der Waals surface area contributed by atoms with Gasteiger partial charge in [0.05, 0.1) is 23.4 Å². The van der Waals surface area contributed by atoms with E-state index in [-0.39, 0.29) is 0 Å². The molecule has 0 aliphatic carbocycles. The number of aromatic nitrogens is 4. The van der Waals surface area contributed by atoms with E-state index in [9.17, 15) is 0 Å². The number of rotatable bonds is 1. The summed E-state index contributed by atoms with van der Waals surface area (Å²) in [7, 11) is 0. The predicted molar refractivity (Wildman–Crippen MR) is 61.4 cm³/mol. The number of hydrogen-bond acceptors (Lipinski definition) is 4. The summed E-state index contributed by atoms with van der Waals surface area (Å²) >= 11 is 0. The Labute approximate surface area is 97.0 Å². The molecule has 17 heavy (non-hydrogen) atoms. The first-order valence-corrected chi connectivity index (χ1v) is 5.03. The zero-order valence-corrected chi connectivity index (χ0v) is 8.78. The molecular formula is C12H7N5. The molecule has 2 heterocycles. The molecular weight excluding hydrogens is 214 g/mol. The molecule has 0 spiro atoms. The Hall–Kier alpha value is -2.74. The van der Waals surface area contributed by atoms with Crippen molar-refractivity contribution < 1.29 is 0 Å². The fourth-order valence-electron chi connectivity index (χ4n) is 1.65. The molecule has 0 bridgehead atoms. The van der Waals surface area contributed by atoms with Crippen LogP contribution in [-0.4, -0.2) is 19.5 Å². The van der Waals surface area contributed by atoms with Crippen LogP contribution >= 0.6 is 0 Å². The van der Waals surface area contributed by atoms with Gasteiger partial charge in [-0.2, -0.15) is 5.26 Å². The van der Waals surface area contributed by atoms with Gasteiger partial charge in [-0.05, 0) is 12.1 Å². The van der Waals surface area contributed by atoms with E-state index in [0.717, 1.165) is 11.0 Å². The maximum Gasteiger partial charge on any atom is 0.158 e. The van der Waals surface area contributed by atoms with Gasteiger partial charge in [-0.15, -0.1) is 0 Å². The van der Waals surface area contributed by atoms with Gasteiger partial charge in [0.15, 0.2) is 11.5 Å². The largest absolute Gasteiger partial charge is 0.282 e. The molecule has 0 unspecified atom stereocenters. The van der Waals surface area contributed by atoms with Crippen molar-refractivity contribution in [2.24, 2.45) is 0 Å². The monoisotopic (exact) mass is 221 g/mol. The first kappa shape index (κ1) is 9.48. The number of nitrogens with zero attached hydrogens (tertiary/aromatic N) is 5. The molecule has 0 fully saturated rings. The number of fused-ring (bicyclic) bond motifs is 1. The van der Waals surface area contributed by atoms with Gasteiger partial charge in [0.2, 0.25) is 0 Å². The van der Waals surface area contributed by atoms with Crippen LogP contribution in [-0.2, 0) is 0 Å². The average molecular weight is 221 g/mol. The van der Waals surface area contributed by atoms with Gasteiger partial charge < -0.3 is 0 Å². The summed E-state index contributed by atoms with van der Waals surface area (Å²) in [5.74, 6) is 0.651. The summed E-state index contributed by atoms with van der Waals surface area (Å²) in [5.41, 5.74) is 2.17. The third-order valence-corrected chi connectivity index (χ3v) is 2.45. The third-order valence-electron chi connectivity index (χ3n) is 2.45. The van der Waals surface area contributed by atoms with Crippen molar-refractivity contribution in [1.29, 1.82) is 5.26 Å². The van der Waals surface area contributed by atoms with Gasteiger partial charge >= 0.3 is 0 Å². The average Bonchev–Trinajstić information content (AvgIpc) is 2.83. The van der Waals surface area contributed by atoms with Crippen LogP contribution in [0.15, 0.2) is 43.0 Å². The summed E-state index contributed by atoms with van der Waals surface area (Å²) < 4.78 is 1.84. The van der Waals surface area contributed by atoms with Gasteiger partial charge in [0.25, 0.3) is 0 Å². The quantitative estimate of drug-likeness (QED) is 0.627. The highest BCUT2D eigenvalue weighted by Crippen LogP contribution is 2.15. The van der Waals surface area contributed by atoms with Gasteiger partial charge in [-0.3, -0.25) is 4.57 Å². The summed E-state index contributed by atoms with van der Waals surface area (Å²) in [6.45, 7) is 0. The van der Waals surface area contributed by atoms with Crippen molar-refractivity contribution >= 4 is 11.0 Å². The Morgan fingerprint density at radius 1 is 1.06 bits per heavy atom. The van der Waals surface area contributed by atoms with Crippen LogP contribution in [0.1, 0.15) is 5.69 Å². The van der Waals surface area contributed by atoms with Crippen molar-refractivity contribution in [1.82, 2.24) is 19.5 Å². The minimum absolute atomic E-state index is 0.304. The van der Waals surface area contributed by atoms with E-state index in [1.807, 2.05) is 34.9 Å². The van der Waals surface area contributed by atoms with Crippen LogP contribution in [0.2, 0.25) is 0 Å². The molecule has 0 radical (unpaired) electrons. The van der Waals surface area contributed by atoms with Crippen molar-refractivity contribution in [3.05, 3.63) is 48.7 Å². The van der Waals surface area contributed by atoms with Crippen LogP contribution in [0.5, 0.6) is 0 Å². The molecule has 3 aromatic rings. The summed E-state index contributed by atoms with van der Waals surface area (Å²) in [5, 5.41) is 8.66. The van der Waals surface area contributed by atoms with Crippen molar-refractivity contribution in [2.45, 2.75) is 0 Å². The lowest BCUT2D eigenvalue weighted by Gasteiger charge is -2.01. The van der Waals surface area contributed by atoms with Gasteiger partial charge in [-0.1, -0.05) is 12.1 Å². The van der Waals surface area contributed by atoms with E-state index in [4.69, 9.17) is 5.26 Å². The van der Waals surface area contributed by atoms with Crippen LogP contribution in [0.3, 0.4) is 0 Å². The zero-order valence-electron chi connectivity index (χ0n) is 8.78. The first-order valence-electron chi connectivity index (χ1n) is 5.03. The Morgan fingerprint density at radius 3 is 2.71 bits per heavy atom.